The van der Waals surface area contributed by atoms with Crippen molar-refractivity contribution in [3.8, 4) is 34.1 Å². The lowest BCUT2D eigenvalue weighted by atomic mass is 10.0. The topological polar surface area (TPSA) is 105 Å². The van der Waals surface area contributed by atoms with Gasteiger partial charge >= 0.3 is 0 Å². The van der Waals surface area contributed by atoms with Gasteiger partial charge in [0.2, 0.25) is 0 Å². The van der Waals surface area contributed by atoms with E-state index < -0.39 is 0 Å². The fourth-order valence-electron chi connectivity index (χ4n) is 4.57. The SMILES string of the molecule is NCCOCCOCCNC(=O)c1ccc(Cn2c(-c3ccco3)nc(-c3ccccc3)c2-c2ccccc2)cc1. The Balaban J connectivity index is 1.36. The van der Waals surface area contributed by atoms with Crippen molar-refractivity contribution in [2.45, 2.75) is 6.54 Å². The number of nitrogens with two attached hydrogens (primary N) is 1. The van der Waals surface area contributed by atoms with Crippen LogP contribution in [0.1, 0.15) is 15.9 Å². The van der Waals surface area contributed by atoms with Crippen LogP contribution in [0.4, 0.5) is 0 Å². The number of hydrogen-bond acceptors (Lipinski definition) is 6. The summed E-state index contributed by atoms with van der Waals surface area (Å²) in [5.74, 6) is 1.28. The molecular formula is C33H34N4O4. The second-order valence-electron chi connectivity index (χ2n) is 9.39. The molecule has 0 fully saturated rings. The number of benzene rings is 3. The molecule has 1 amide bonds. The molecule has 8 nitrogen and oxygen atoms in total. The van der Waals surface area contributed by atoms with E-state index >= 15 is 0 Å². The normalized spacial score (nSPS) is 11.0. The maximum atomic E-state index is 12.7. The lowest BCUT2D eigenvalue weighted by Gasteiger charge is -2.13. The van der Waals surface area contributed by atoms with E-state index in [2.05, 4.69) is 34.1 Å². The third kappa shape index (κ3) is 7.18. The molecule has 0 radical (unpaired) electrons. The first-order chi connectivity index (χ1) is 20.2. The van der Waals surface area contributed by atoms with E-state index in [1.807, 2.05) is 72.8 Å². The molecule has 0 aliphatic carbocycles. The first-order valence-corrected chi connectivity index (χ1v) is 13.7. The molecule has 5 aromatic rings. The number of rotatable bonds is 14. The standard InChI is InChI=1S/C33H34N4O4/c34-17-20-39-22-23-40-21-18-35-33(38)28-15-13-25(14-16-28)24-37-31(27-10-5-2-6-11-27)30(26-8-3-1-4-9-26)36-32(37)29-12-7-19-41-29/h1-16,19H,17-18,20-24,34H2,(H,35,38). The van der Waals surface area contributed by atoms with Crippen molar-refractivity contribution in [3.05, 3.63) is 114 Å². The highest BCUT2D eigenvalue weighted by Gasteiger charge is 2.22. The van der Waals surface area contributed by atoms with E-state index in [0.29, 0.717) is 57.4 Å². The minimum Gasteiger partial charge on any atom is -0.461 e. The lowest BCUT2D eigenvalue weighted by molar-refractivity contribution is 0.0511. The van der Waals surface area contributed by atoms with E-state index in [1.165, 1.54) is 0 Å². The molecule has 41 heavy (non-hydrogen) atoms. The predicted octanol–water partition coefficient (Wildman–Crippen LogP) is 5.25. The Morgan fingerprint density at radius 1 is 0.805 bits per heavy atom. The molecule has 0 saturated heterocycles. The van der Waals surface area contributed by atoms with Crippen LogP contribution in [0.25, 0.3) is 34.1 Å². The third-order valence-electron chi connectivity index (χ3n) is 6.53. The van der Waals surface area contributed by atoms with Crippen LogP contribution in [0.15, 0.2) is 108 Å². The number of imidazole rings is 1. The van der Waals surface area contributed by atoms with Crippen molar-refractivity contribution in [2.24, 2.45) is 5.73 Å². The van der Waals surface area contributed by atoms with E-state index in [4.69, 9.17) is 24.6 Å². The number of aromatic nitrogens is 2. The Bertz CT molecular complexity index is 1500. The summed E-state index contributed by atoms with van der Waals surface area (Å²) in [6.07, 6.45) is 1.66. The van der Waals surface area contributed by atoms with Gasteiger partial charge in [0, 0.05) is 36.3 Å². The van der Waals surface area contributed by atoms with Crippen LogP contribution < -0.4 is 11.1 Å². The van der Waals surface area contributed by atoms with Gasteiger partial charge in [-0.05, 0) is 29.8 Å². The molecule has 0 spiro atoms. The van der Waals surface area contributed by atoms with Crippen LogP contribution in [0.2, 0.25) is 0 Å². The van der Waals surface area contributed by atoms with E-state index in [9.17, 15) is 4.79 Å². The van der Waals surface area contributed by atoms with Crippen LogP contribution in [0.3, 0.4) is 0 Å². The van der Waals surface area contributed by atoms with Crippen molar-refractivity contribution < 1.29 is 18.7 Å². The summed E-state index contributed by atoms with van der Waals surface area (Å²) in [6, 6.07) is 31.9. The Morgan fingerprint density at radius 3 is 2.15 bits per heavy atom. The number of carbonyl (C=O) groups excluding carboxylic acids is 1. The molecule has 210 valence electrons. The van der Waals surface area contributed by atoms with Crippen LogP contribution in [0, 0.1) is 0 Å². The van der Waals surface area contributed by atoms with Gasteiger partial charge in [-0.25, -0.2) is 4.98 Å². The number of carbonyl (C=O) groups is 1. The smallest absolute Gasteiger partial charge is 0.251 e. The highest BCUT2D eigenvalue weighted by Crippen LogP contribution is 2.37. The fraction of sp³-hybridized carbons (Fsp3) is 0.212. The van der Waals surface area contributed by atoms with Crippen LogP contribution in [-0.4, -0.2) is 55.0 Å². The molecular weight excluding hydrogens is 516 g/mol. The maximum Gasteiger partial charge on any atom is 0.251 e. The minimum atomic E-state index is -0.144. The zero-order valence-electron chi connectivity index (χ0n) is 22.9. The first kappa shape index (κ1) is 28.0. The monoisotopic (exact) mass is 550 g/mol. The molecule has 2 aromatic heterocycles. The summed E-state index contributed by atoms with van der Waals surface area (Å²) in [7, 11) is 0. The summed E-state index contributed by atoms with van der Waals surface area (Å²) in [5.41, 5.74) is 11.0. The van der Waals surface area contributed by atoms with E-state index in [-0.39, 0.29) is 5.91 Å². The van der Waals surface area contributed by atoms with Crippen molar-refractivity contribution in [3.63, 3.8) is 0 Å². The minimum absolute atomic E-state index is 0.144. The van der Waals surface area contributed by atoms with Crippen molar-refractivity contribution in [1.29, 1.82) is 0 Å². The molecule has 0 aliphatic heterocycles. The van der Waals surface area contributed by atoms with Gasteiger partial charge in [0.25, 0.3) is 5.91 Å². The number of hydrogen-bond donors (Lipinski definition) is 2. The lowest BCUT2D eigenvalue weighted by Crippen LogP contribution is -2.27. The van der Waals surface area contributed by atoms with E-state index in [1.54, 1.807) is 6.26 Å². The summed E-state index contributed by atoms with van der Waals surface area (Å²) in [6.45, 7) is 3.34. The number of amides is 1. The third-order valence-corrected chi connectivity index (χ3v) is 6.53. The molecule has 5 rings (SSSR count). The predicted molar refractivity (Wildman–Crippen MR) is 159 cm³/mol. The largest absolute Gasteiger partial charge is 0.461 e. The zero-order chi connectivity index (χ0) is 28.3. The quantitative estimate of drug-likeness (QED) is 0.183. The summed E-state index contributed by atoms with van der Waals surface area (Å²) < 4.78 is 18.7. The van der Waals surface area contributed by atoms with Crippen LogP contribution >= 0.6 is 0 Å². The molecule has 2 heterocycles. The molecule has 0 atom stereocenters. The van der Waals surface area contributed by atoms with Gasteiger partial charge < -0.3 is 29.5 Å². The number of nitrogens with zero attached hydrogens (tertiary/aromatic N) is 2. The zero-order valence-corrected chi connectivity index (χ0v) is 22.9. The molecule has 0 bridgehead atoms. The molecule has 3 aromatic carbocycles. The van der Waals surface area contributed by atoms with Gasteiger partial charge in [-0.15, -0.1) is 0 Å². The summed E-state index contributed by atoms with van der Waals surface area (Å²) >= 11 is 0. The molecule has 8 heteroatoms. The Morgan fingerprint density at radius 2 is 1.49 bits per heavy atom. The maximum absolute atomic E-state index is 12.7. The van der Waals surface area contributed by atoms with Gasteiger partial charge in [0.05, 0.1) is 44.1 Å². The number of furan rings is 1. The first-order valence-electron chi connectivity index (χ1n) is 13.7. The summed E-state index contributed by atoms with van der Waals surface area (Å²) in [4.78, 5) is 17.8. The summed E-state index contributed by atoms with van der Waals surface area (Å²) in [5, 5.41) is 2.90. The van der Waals surface area contributed by atoms with Crippen molar-refractivity contribution in [1.82, 2.24) is 14.9 Å². The second kappa shape index (κ2) is 14.2. The van der Waals surface area contributed by atoms with Gasteiger partial charge in [0.1, 0.15) is 0 Å². The van der Waals surface area contributed by atoms with Crippen molar-refractivity contribution >= 4 is 5.91 Å². The van der Waals surface area contributed by atoms with Gasteiger partial charge in [0.15, 0.2) is 11.6 Å². The number of ether oxygens (including phenoxy) is 2. The average molecular weight is 551 g/mol. The molecule has 0 saturated carbocycles. The van der Waals surface area contributed by atoms with Gasteiger partial charge in [-0.1, -0.05) is 72.8 Å². The molecule has 0 unspecified atom stereocenters. The second-order valence-corrected chi connectivity index (χ2v) is 9.39. The number of nitrogens with one attached hydrogen (secondary N) is 1. The Hall–Kier alpha value is -4.50. The molecule has 3 N–H and O–H groups in total. The Labute approximate surface area is 239 Å². The van der Waals surface area contributed by atoms with Crippen LogP contribution in [-0.2, 0) is 16.0 Å². The Kier molecular flexibility index (Phi) is 9.73. The van der Waals surface area contributed by atoms with Gasteiger partial charge in [-0.2, -0.15) is 0 Å². The highest BCUT2D eigenvalue weighted by molar-refractivity contribution is 5.94. The van der Waals surface area contributed by atoms with Crippen LogP contribution in [0.5, 0.6) is 0 Å². The fourth-order valence-corrected chi connectivity index (χ4v) is 4.57. The molecule has 0 aliphatic rings. The van der Waals surface area contributed by atoms with Crippen molar-refractivity contribution in [2.75, 3.05) is 39.5 Å². The average Bonchev–Trinajstić information content (AvgIpc) is 3.68. The van der Waals surface area contributed by atoms with E-state index in [0.717, 1.165) is 33.9 Å². The van der Waals surface area contributed by atoms with Gasteiger partial charge in [-0.3, -0.25) is 4.79 Å². The highest BCUT2D eigenvalue weighted by atomic mass is 16.5.